The molecule has 0 saturated carbocycles. The molecule has 2 aromatic heterocycles. The SMILES string of the molecule is COc1cc(C(F)(F)F)c2cc(C(=O)O)c3nnnn3c2c1. The number of halogens is 3. The number of ether oxygens (including phenoxy) is 1. The fraction of sp³-hybridized carbons (Fsp3) is 0.167. The van der Waals surface area contributed by atoms with Gasteiger partial charge in [-0.1, -0.05) is 0 Å². The number of carboxylic acid groups (broad SMARTS) is 1. The summed E-state index contributed by atoms with van der Waals surface area (Å²) in [5.41, 5.74) is -1.60. The molecule has 3 rings (SSSR count). The smallest absolute Gasteiger partial charge is 0.417 e. The van der Waals surface area contributed by atoms with E-state index < -0.39 is 23.3 Å². The fourth-order valence-corrected chi connectivity index (χ4v) is 2.18. The van der Waals surface area contributed by atoms with Crippen molar-refractivity contribution in [2.24, 2.45) is 0 Å². The number of hydrogen-bond donors (Lipinski definition) is 1. The number of carboxylic acids is 1. The van der Waals surface area contributed by atoms with Crippen LogP contribution in [0.5, 0.6) is 5.75 Å². The Hall–Kier alpha value is -2.91. The lowest BCUT2D eigenvalue weighted by molar-refractivity contribution is -0.136. The lowest BCUT2D eigenvalue weighted by Crippen LogP contribution is -2.10. The number of carbonyl (C=O) groups is 1. The zero-order chi connectivity index (χ0) is 16.1. The first-order valence-electron chi connectivity index (χ1n) is 5.86. The Bertz CT molecular complexity index is 904. The number of tetrazole rings is 1. The molecule has 0 bridgehead atoms. The van der Waals surface area contributed by atoms with E-state index in [9.17, 15) is 18.0 Å². The second-order valence-electron chi connectivity index (χ2n) is 4.38. The van der Waals surface area contributed by atoms with E-state index in [2.05, 4.69) is 15.5 Å². The van der Waals surface area contributed by atoms with Gasteiger partial charge in [-0.2, -0.15) is 17.7 Å². The zero-order valence-corrected chi connectivity index (χ0v) is 10.9. The third kappa shape index (κ3) is 2.00. The number of methoxy groups -OCH3 is 1. The second-order valence-corrected chi connectivity index (χ2v) is 4.38. The van der Waals surface area contributed by atoms with Gasteiger partial charge in [0.25, 0.3) is 0 Å². The van der Waals surface area contributed by atoms with Gasteiger partial charge in [-0.05, 0) is 22.6 Å². The minimum Gasteiger partial charge on any atom is -0.497 e. The number of benzene rings is 1. The third-order valence-corrected chi connectivity index (χ3v) is 3.13. The van der Waals surface area contributed by atoms with Crippen LogP contribution in [0.25, 0.3) is 16.6 Å². The van der Waals surface area contributed by atoms with Crippen LogP contribution in [0.1, 0.15) is 15.9 Å². The fourth-order valence-electron chi connectivity index (χ4n) is 2.18. The Morgan fingerprint density at radius 3 is 2.64 bits per heavy atom. The van der Waals surface area contributed by atoms with E-state index in [4.69, 9.17) is 9.84 Å². The maximum Gasteiger partial charge on any atom is 0.417 e. The summed E-state index contributed by atoms with van der Waals surface area (Å²) in [7, 11) is 1.23. The largest absolute Gasteiger partial charge is 0.497 e. The molecular weight excluding hydrogens is 305 g/mol. The molecule has 114 valence electrons. The van der Waals surface area contributed by atoms with E-state index in [0.717, 1.165) is 16.6 Å². The monoisotopic (exact) mass is 312 g/mol. The number of rotatable bonds is 2. The first kappa shape index (κ1) is 14.0. The maximum atomic E-state index is 13.2. The molecule has 22 heavy (non-hydrogen) atoms. The lowest BCUT2D eigenvalue weighted by Gasteiger charge is -2.13. The highest BCUT2D eigenvalue weighted by molar-refractivity contribution is 6.00. The van der Waals surface area contributed by atoms with Crippen LogP contribution in [0.3, 0.4) is 0 Å². The van der Waals surface area contributed by atoms with Gasteiger partial charge in [0.05, 0.1) is 18.2 Å². The van der Waals surface area contributed by atoms with Crippen molar-refractivity contribution in [1.29, 1.82) is 0 Å². The van der Waals surface area contributed by atoms with Crippen LogP contribution in [-0.2, 0) is 6.18 Å². The molecule has 7 nitrogen and oxygen atoms in total. The highest BCUT2D eigenvalue weighted by Gasteiger charge is 2.34. The van der Waals surface area contributed by atoms with Crippen molar-refractivity contribution < 1.29 is 27.8 Å². The van der Waals surface area contributed by atoms with Gasteiger partial charge < -0.3 is 9.84 Å². The number of nitrogens with zero attached hydrogens (tertiary/aromatic N) is 4. The van der Waals surface area contributed by atoms with Gasteiger partial charge in [0.15, 0.2) is 5.65 Å². The number of hydrogen-bond acceptors (Lipinski definition) is 5. The molecule has 10 heteroatoms. The van der Waals surface area contributed by atoms with Crippen molar-refractivity contribution in [2.45, 2.75) is 6.18 Å². The zero-order valence-electron chi connectivity index (χ0n) is 10.9. The quantitative estimate of drug-likeness (QED) is 0.778. The van der Waals surface area contributed by atoms with Crippen LogP contribution in [0.2, 0.25) is 0 Å². The van der Waals surface area contributed by atoms with Crippen molar-refractivity contribution in [3.63, 3.8) is 0 Å². The normalized spacial score (nSPS) is 12.0. The first-order valence-corrected chi connectivity index (χ1v) is 5.86. The summed E-state index contributed by atoms with van der Waals surface area (Å²) in [6.45, 7) is 0. The predicted molar refractivity (Wildman–Crippen MR) is 66.8 cm³/mol. The van der Waals surface area contributed by atoms with E-state index in [1.54, 1.807) is 0 Å². The molecule has 0 saturated heterocycles. The number of aromatic carboxylic acids is 1. The average molecular weight is 312 g/mol. The minimum atomic E-state index is -4.69. The third-order valence-electron chi connectivity index (χ3n) is 3.13. The van der Waals surface area contributed by atoms with Crippen molar-refractivity contribution in [3.05, 3.63) is 29.3 Å². The van der Waals surface area contributed by atoms with Crippen LogP contribution >= 0.6 is 0 Å². The molecule has 0 unspecified atom stereocenters. The molecule has 1 aromatic carbocycles. The number of fused-ring (bicyclic) bond motifs is 3. The molecule has 1 N–H and O–H groups in total. The Labute approximate surface area is 119 Å². The Balaban J connectivity index is 2.55. The van der Waals surface area contributed by atoms with E-state index >= 15 is 0 Å². The van der Waals surface area contributed by atoms with Gasteiger partial charge >= 0.3 is 12.1 Å². The predicted octanol–water partition coefficient (Wildman–Crippen LogP) is 2.00. The molecular formula is C12H7F3N4O3. The van der Waals surface area contributed by atoms with Crippen molar-refractivity contribution >= 4 is 22.5 Å². The van der Waals surface area contributed by atoms with Crippen LogP contribution < -0.4 is 4.74 Å². The summed E-state index contributed by atoms with van der Waals surface area (Å²) in [5, 5.41) is 19.2. The maximum absolute atomic E-state index is 13.2. The first-order chi connectivity index (χ1) is 10.3. The van der Waals surface area contributed by atoms with Crippen LogP contribution in [0, 0.1) is 0 Å². The summed E-state index contributed by atoms with van der Waals surface area (Å²) in [6.07, 6.45) is -4.69. The summed E-state index contributed by atoms with van der Waals surface area (Å²) < 4.78 is 45.5. The van der Waals surface area contributed by atoms with Crippen LogP contribution in [0.15, 0.2) is 18.2 Å². The Morgan fingerprint density at radius 1 is 1.32 bits per heavy atom. The van der Waals surface area contributed by atoms with Gasteiger partial charge in [0, 0.05) is 11.5 Å². The van der Waals surface area contributed by atoms with Crippen molar-refractivity contribution in [1.82, 2.24) is 20.0 Å². The number of aromatic nitrogens is 4. The molecule has 0 fully saturated rings. The Morgan fingerprint density at radius 2 is 2.05 bits per heavy atom. The van der Waals surface area contributed by atoms with E-state index in [0.29, 0.717) is 0 Å². The highest BCUT2D eigenvalue weighted by atomic mass is 19.4. The summed E-state index contributed by atoms with van der Waals surface area (Å²) in [5.74, 6) is -1.47. The topological polar surface area (TPSA) is 89.6 Å². The number of alkyl halides is 3. The molecule has 0 aliphatic rings. The van der Waals surface area contributed by atoms with Crippen LogP contribution in [-0.4, -0.2) is 38.2 Å². The van der Waals surface area contributed by atoms with Crippen LogP contribution in [0.4, 0.5) is 13.2 Å². The lowest BCUT2D eigenvalue weighted by atomic mass is 10.0. The summed E-state index contributed by atoms with van der Waals surface area (Å²) in [4.78, 5) is 11.2. The molecule has 0 amide bonds. The standard InChI is InChI=1S/C12H7F3N4O3/c1-22-5-2-8(12(13,14)15)6-4-7(11(20)21)10-16-17-18-19(10)9(6)3-5/h2-4H,1H3,(H,20,21). The second kappa shape index (κ2) is 4.55. The molecule has 0 radical (unpaired) electrons. The van der Waals surface area contributed by atoms with Gasteiger partial charge in [-0.15, -0.1) is 5.10 Å². The van der Waals surface area contributed by atoms with Crippen molar-refractivity contribution in [3.8, 4) is 5.75 Å². The Kier molecular flexibility index (Phi) is 2.90. The average Bonchev–Trinajstić information content (AvgIpc) is 2.93. The summed E-state index contributed by atoms with van der Waals surface area (Å²) >= 11 is 0. The van der Waals surface area contributed by atoms with Gasteiger partial charge in [0.1, 0.15) is 11.3 Å². The van der Waals surface area contributed by atoms with Gasteiger partial charge in [-0.3, -0.25) is 0 Å². The highest BCUT2D eigenvalue weighted by Crippen LogP contribution is 2.38. The van der Waals surface area contributed by atoms with E-state index in [1.165, 1.54) is 13.2 Å². The summed E-state index contributed by atoms with van der Waals surface area (Å²) in [6, 6.07) is 3.01. The van der Waals surface area contributed by atoms with Gasteiger partial charge in [-0.25, -0.2) is 4.79 Å². The van der Waals surface area contributed by atoms with Crippen molar-refractivity contribution in [2.75, 3.05) is 7.11 Å². The molecule has 0 atom stereocenters. The van der Waals surface area contributed by atoms with E-state index in [-0.39, 0.29) is 22.3 Å². The molecule has 0 spiro atoms. The molecule has 0 aliphatic carbocycles. The minimum absolute atomic E-state index is 0.00308. The van der Waals surface area contributed by atoms with E-state index in [1.807, 2.05) is 0 Å². The van der Waals surface area contributed by atoms with Gasteiger partial charge in [0.2, 0.25) is 0 Å². The number of pyridine rings is 1. The molecule has 2 heterocycles. The molecule has 3 aromatic rings. The molecule has 0 aliphatic heterocycles.